The number of sulfonamides is 1. The number of amides is 1. The van der Waals surface area contributed by atoms with Gasteiger partial charge in [-0.15, -0.1) is 0 Å². The summed E-state index contributed by atoms with van der Waals surface area (Å²) in [5, 5.41) is 0. The van der Waals surface area contributed by atoms with Crippen molar-refractivity contribution in [3.63, 3.8) is 0 Å². The van der Waals surface area contributed by atoms with Crippen LogP contribution in [0.1, 0.15) is 27.0 Å². The van der Waals surface area contributed by atoms with Crippen LogP contribution < -0.4 is 9.04 Å². The van der Waals surface area contributed by atoms with Crippen molar-refractivity contribution in [2.75, 3.05) is 25.0 Å². The number of anilines is 1. The van der Waals surface area contributed by atoms with E-state index in [1.54, 1.807) is 55.5 Å². The number of ether oxygens (including phenoxy) is 1. The van der Waals surface area contributed by atoms with Crippen LogP contribution in [0.25, 0.3) is 0 Å². The minimum atomic E-state index is -3.64. The second-order valence-electron chi connectivity index (χ2n) is 7.99. The number of aryl methyl sites for hydroxylation is 1. The Morgan fingerprint density at radius 1 is 1.03 bits per heavy atom. The van der Waals surface area contributed by atoms with E-state index >= 15 is 0 Å². The Kier molecular flexibility index (Phi) is 5.93. The zero-order valence-electron chi connectivity index (χ0n) is 18.4. The lowest BCUT2D eigenvalue weighted by atomic mass is 10.1. The second-order valence-corrected chi connectivity index (χ2v) is 9.86. The monoisotopic (exact) mass is 450 g/mol. The number of methoxy groups -OCH3 is 1. The van der Waals surface area contributed by atoms with E-state index in [1.165, 1.54) is 4.31 Å². The number of fused-ring (bicyclic) bond motifs is 1. The molecule has 0 atom stereocenters. The van der Waals surface area contributed by atoms with Crippen molar-refractivity contribution >= 4 is 21.6 Å². The molecule has 0 spiro atoms. The van der Waals surface area contributed by atoms with Crippen LogP contribution in [0.4, 0.5) is 5.69 Å². The molecule has 1 aliphatic heterocycles. The molecule has 0 aliphatic carbocycles. The van der Waals surface area contributed by atoms with Gasteiger partial charge in [-0.1, -0.05) is 29.8 Å². The smallest absolute Gasteiger partial charge is 0.264 e. The summed E-state index contributed by atoms with van der Waals surface area (Å²) in [5.74, 6) is 0.662. The maximum Gasteiger partial charge on any atom is 0.264 e. The lowest BCUT2D eigenvalue weighted by Crippen LogP contribution is -2.29. The molecule has 3 aromatic rings. The van der Waals surface area contributed by atoms with Crippen LogP contribution in [0.5, 0.6) is 5.75 Å². The zero-order valence-corrected chi connectivity index (χ0v) is 19.2. The molecule has 0 bridgehead atoms. The summed E-state index contributed by atoms with van der Waals surface area (Å²) in [7, 11) is -0.262. The molecule has 32 heavy (non-hydrogen) atoms. The molecule has 7 heteroatoms. The van der Waals surface area contributed by atoms with E-state index in [9.17, 15) is 13.2 Å². The highest BCUT2D eigenvalue weighted by Crippen LogP contribution is 2.34. The van der Waals surface area contributed by atoms with Gasteiger partial charge in [-0.05, 0) is 66.9 Å². The molecule has 0 saturated carbocycles. The van der Waals surface area contributed by atoms with Crippen molar-refractivity contribution in [3.8, 4) is 5.75 Å². The highest BCUT2D eigenvalue weighted by Gasteiger charge is 2.31. The quantitative estimate of drug-likeness (QED) is 0.569. The predicted molar refractivity (Wildman–Crippen MR) is 125 cm³/mol. The Morgan fingerprint density at radius 3 is 2.38 bits per heavy atom. The second kappa shape index (κ2) is 8.67. The Hall–Kier alpha value is -3.32. The van der Waals surface area contributed by atoms with Gasteiger partial charge in [0.1, 0.15) is 5.75 Å². The molecule has 1 amide bonds. The van der Waals surface area contributed by atoms with E-state index in [0.717, 1.165) is 22.4 Å². The fraction of sp³-hybridized carbons (Fsp3) is 0.240. The number of rotatable bonds is 6. The predicted octanol–water partition coefficient (Wildman–Crippen LogP) is 4.03. The minimum absolute atomic E-state index is 0.108. The van der Waals surface area contributed by atoms with Crippen molar-refractivity contribution in [2.24, 2.45) is 0 Å². The molecule has 0 N–H and O–H groups in total. The molecular weight excluding hydrogens is 424 g/mol. The molecule has 1 aliphatic rings. The highest BCUT2D eigenvalue weighted by atomic mass is 32.2. The molecule has 0 aromatic heterocycles. The molecule has 1 heterocycles. The third-order valence-corrected chi connectivity index (χ3v) is 7.54. The fourth-order valence-corrected chi connectivity index (χ4v) is 5.39. The Bertz CT molecular complexity index is 1240. The largest absolute Gasteiger partial charge is 0.497 e. The molecule has 6 nitrogen and oxygen atoms in total. The topological polar surface area (TPSA) is 66.9 Å². The first-order valence-electron chi connectivity index (χ1n) is 10.4. The van der Waals surface area contributed by atoms with Gasteiger partial charge >= 0.3 is 0 Å². The molecule has 4 rings (SSSR count). The number of nitrogens with zero attached hydrogens (tertiary/aromatic N) is 2. The van der Waals surface area contributed by atoms with Gasteiger partial charge in [0.15, 0.2) is 0 Å². The van der Waals surface area contributed by atoms with Crippen molar-refractivity contribution in [1.29, 1.82) is 0 Å². The van der Waals surface area contributed by atoms with E-state index in [2.05, 4.69) is 0 Å². The number of hydrogen-bond acceptors (Lipinski definition) is 4. The van der Waals surface area contributed by atoms with Crippen LogP contribution in [-0.4, -0.2) is 39.9 Å². The highest BCUT2D eigenvalue weighted by molar-refractivity contribution is 7.92. The van der Waals surface area contributed by atoms with Crippen LogP contribution in [0, 0.1) is 6.92 Å². The first-order chi connectivity index (χ1) is 15.3. The Morgan fingerprint density at radius 2 is 1.72 bits per heavy atom. The number of benzene rings is 3. The first-order valence-corrected chi connectivity index (χ1v) is 11.8. The Labute approximate surface area is 189 Å². The maximum absolute atomic E-state index is 13.1. The van der Waals surface area contributed by atoms with E-state index in [-0.39, 0.29) is 10.8 Å². The summed E-state index contributed by atoms with van der Waals surface area (Å²) in [4.78, 5) is 14.9. The SMILES string of the molecule is COc1ccc(CN(C)C(=O)c2ccc3c(c2)CCN3S(=O)(=O)c2ccc(C)cc2)cc1. The molecule has 0 radical (unpaired) electrons. The summed E-state index contributed by atoms with van der Waals surface area (Å²) in [6.45, 7) is 2.75. The fourth-order valence-electron chi connectivity index (χ4n) is 3.89. The molecule has 0 fully saturated rings. The van der Waals surface area contributed by atoms with Gasteiger partial charge in [0.25, 0.3) is 15.9 Å². The van der Waals surface area contributed by atoms with E-state index in [1.807, 2.05) is 37.3 Å². The maximum atomic E-state index is 13.1. The summed E-state index contributed by atoms with van der Waals surface area (Å²) < 4.78 is 32.9. The average molecular weight is 451 g/mol. The van der Waals surface area contributed by atoms with Crippen molar-refractivity contribution in [1.82, 2.24) is 4.90 Å². The Balaban J connectivity index is 1.52. The molecule has 0 saturated heterocycles. The number of hydrogen-bond donors (Lipinski definition) is 0. The van der Waals surface area contributed by atoms with Gasteiger partial charge in [0.2, 0.25) is 0 Å². The lowest BCUT2D eigenvalue weighted by Gasteiger charge is -2.21. The molecule has 166 valence electrons. The van der Waals surface area contributed by atoms with Gasteiger partial charge in [0, 0.05) is 25.7 Å². The normalized spacial score (nSPS) is 13.0. The average Bonchev–Trinajstić information content (AvgIpc) is 3.23. The third kappa shape index (κ3) is 4.21. The third-order valence-electron chi connectivity index (χ3n) is 5.71. The minimum Gasteiger partial charge on any atom is -0.497 e. The van der Waals surface area contributed by atoms with E-state index in [4.69, 9.17) is 4.74 Å². The van der Waals surface area contributed by atoms with Crippen molar-refractivity contribution < 1.29 is 17.9 Å². The van der Waals surface area contributed by atoms with Gasteiger partial charge in [-0.25, -0.2) is 8.42 Å². The van der Waals surface area contributed by atoms with Gasteiger partial charge in [-0.2, -0.15) is 0 Å². The number of carbonyl (C=O) groups excluding carboxylic acids is 1. The van der Waals surface area contributed by atoms with Crippen LogP contribution in [0.3, 0.4) is 0 Å². The van der Waals surface area contributed by atoms with Crippen molar-refractivity contribution in [2.45, 2.75) is 24.8 Å². The summed E-state index contributed by atoms with van der Waals surface area (Å²) in [5.41, 5.74) is 4.06. The van der Waals surface area contributed by atoms with E-state index in [0.29, 0.717) is 30.8 Å². The van der Waals surface area contributed by atoms with Crippen molar-refractivity contribution in [3.05, 3.63) is 89.0 Å². The number of carbonyl (C=O) groups is 1. The molecule has 0 unspecified atom stereocenters. The zero-order chi connectivity index (χ0) is 22.9. The molecule has 3 aromatic carbocycles. The van der Waals surface area contributed by atoms with E-state index < -0.39 is 10.0 Å². The summed E-state index contributed by atoms with van der Waals surface area (Å²) >= 11 is 0. The molecular formula is C25H26N2O4S. The van der Waals surface area contributed by atoms with Gasteiger partial charge in [0.05, 0.1) is 17.7 Å². The van der Waals surface area contributed by atoms with Crippen LogP contribution in [-0.2, 0) is 23.0 Å². The van der Waals surface area contributed by atoms with Gasteiger partial charge < -0.3 is 9.64 Å². The van der Waals surface area contributed by atoms with Crippen LogP contribution in [0.15, 0.2) is 71.6 Å². The van der Waals surface area contributed by atoms with Crippen LogP contribution >= 0.6 is 0 Å². The van der Waals surface area contributed by atoms with Crippen LogP contribution in [0.2, 0.25) is 0 Å². The standard InChI is InChI=1S/C25H26N2O4S/c1-18-4-11-23(12-5-18)32(29,30)27-15-14-20-16-21(8-13-24(20)27)25(28)26(2)17-19-6-9-22(31-3)10-7-19/h4-13,16H,14-15,17H2,1-3H3. The summed E-state index contributed by atoms with van der Waals surface area (Å²) in [6, 6.07) is 19.7. The summed E-state index contributed by atoms with van der Waals surface area (Å²) in [6.07, 6.45) is 0.573. The lowest BCUT2D eigenvalue weighted by molar-refractivity contribution is 0.0785. The first kappa shape index (κ1) is 21.9. The van der Waals surface area contributed by atoms with Gasteiger partial charge in [-0.3, -0.25) is 9.10 Å².